The number of fused-ring (bicyclic) bond motifs is 3. The van der Waals surface area contributed by atoms with Crippen molar-refractivity contribution in [1.29, 1.82) is 0 Å². The van der Waals surface area contributed by atoms with Gasteiger partial charge in [-0.25, -0.2) is 0 Å². The highest BCUT2D eigenvalue weighted by Crippen LogP contribution is 2.30. The van der Waals surface area contributed by atoms with Crippen LogP contribution in [0.4, 0.5) is 5.69 Å². The standard InChI is InChI=1S/C20H13N5O2/c26-20(15-6-1-3-7-17(15)25-12-21-23-24-25)22-13-9-10-19-16(11-13)14-5-2-4-8-18(14)27-19/h1-12H,(H,22,26). The van der Waals surface area contributed by atoms with Gasteiger partial charge in [-0.15, -0.1) is 5.10 Å². The fourth-order valence-electron chi connectivity index (χ4n) is 3.14. The average molecular weight is 355 g/mol. The van der Waals surface area contributed by atoms with Crippen molar-refractivity contribution >= 4 is 33.5 Å². The van der Waals surface area contributed by atoms with E-state index in [1.54, 1.807) is 18.2 Å². The molecule has 0 atom stereocenters. The Balaban J connectivity index is 1.52. The molecular weight excluding hydrogens is 342 g/mol. The van der Waals surface area contributed by atoms with Crippen molar-refractivity contribution < 1.29 is 9.21 Å². The summed E-state index contributed by atoms with van der Waals surface area (Å²) < 4.78 is 7.29. The number of benzene rings is 3. The zero-order valence-corrected chi connectivity index (χ0v) is 14.0. The SMILES string of the molecule is O=C(Nc1ccc2oc3ccccc3c2c1)c1ccccc1-n1cnnn1. The highest BCUT2D eigenvalue weighted by atomic mass is 16.3. The maximum Gasteiger partial charge on any atom is 0.257 e. The van der Waals surface area contributed by atoms with Gasteiger partial charge in [0.25, 0.3) is 5.91 Å². The Morgan fingerprint density at radius 3 is 2.63 bits per heavy atom. The number of furan rings is 1. The fraction of sp³-hybridized carbons (Fsp3) is 0. The van der Waals surface area contributed by atoms with Crippen molar-refractivity contribution in [3.63, 3.8) is 0 Å². The molecule has 0 spiro atoms. The topological polar surface area (TPSA) is 85.8 Å². The van der Waals surface area contributed by atoms with E-state index in [2.05, 4.69) is 20.8 Å². The number of para-hydroxylation sites is 2. The number of tetrazole rings is 1. The molecule has 5 rings (SSSR count). The Morgan fingerprint density at radius 2 is 1.74 bits per heavy atom. The largest absolute Gasteiger partial charge is 0.456 e. The van der Waals surface area contributed by atoms with Gasteiger partial charge in [-0.05, 0) is 46.8 Å². The first-order valence-electron chi connectivity index (χ1n) is 8.35. The van der Waals surface area contributed by atoms with E-state index in [0.717, 1.165) is 21.9 Å². The van der Waals surface area contributed by atoms with Gasteiger partial charge in [-0.2, -0.15) is 4.68 Å². The molecule has 3 aromatic carbocycles. The summed E-state index contributed by atoms with van der Waals surface area (Å²) in [4.78, 5) is 12.9. The molecule has 1 amide bonds. The highest BCUT2D eigenvalue weighted by Gasteiger charge is 2.14. The van der Waals surface area contributed by atoms with Crippen molar-refractivity contribution in [2.24, 2.45) is 0 Å². The van der Waals surface area contributed by atoms with Crippen molar-refractivity contribution in [3.05, 3.63) is 78.6 Å². The number of aromatic nitrogens is 4. The van der Waals surface area contributed by atoms with Gasteiger partial charge >= 0.3 is 0 Å². The Hall–Kier alpha value is -4.00. The normalized spacial score (nSPS) is 11.1. The molecule has 1 N–H and O–H groups in total. The maximum absolute atomic E-state index is 12.9. The van der Waals surface area contributed by atoms with E-state index >= 15 is 0 Å². The Morgan fingerprint density at radius 1 is 0.926 bits per heavy atom. The van der Waals surface area contributed by atoms with Gasteiger partial charge in [0.2, 0.25) is 0 Å². The Labute approximate surface area is 153 Å². The molecule has 2 heterocycles. The van der Waals surface area contributed by atoms with Crippen LogP contribution in [0.15, 0.2) is 77.5 Å². The average Bonchev–Trinajstić information content (AvgIpc) is 3.36. The molecule has 0 aliphatic carbocycles. The van der Waals surface area contributed by atoms with Gasteiger partial charge in [0, 0.05) is 16.5 Å². The number of rotatable bonds is 3. The summed E-state index contributed by atoms with van der Waals surface area (Å²) >= 11 is 0. The molecule has 0 saturated heterocycles. The van der Waals surface area contributed by atoms with Gasteiger partial charge < -0.3 is 9.73 Å². The second-order valence-corrected chi connectivity index (χ2v) is 6.03. The van der Waals surface area contributed by atoms with E-state index in [0.29, 0.717) is 16.9 Å². The van der Waals surface area contributed by atoms with Crippen molar-refractivity contribution in [2.75, 3.05) is 5.32 Å². The van der Waals surface area contributed by atoms with E-state index in [9.17, 15) is 4.79 Å². The van der Waals surface area contributed by atoms with Gasteiger partial charge in [0.15, 0.2) is 0 Å². The lowest BCUT2D eigenvalue weighted by Gasteiger charge is -2.09. The molecule has 7 heteroatoms. The lowest BCUT2D eigenvalue weighted by atomic mass is 10.1. The first-order valence-corrected chi connectivity index (χ1v) is 8.35. The zero-order valence-electron chi connectivity index (χ0n) is 14.0. The zero-order chi connectivity index (χ0) is 18.2. The minimum absolute atomic E-state index is 0.242. The van der Waals surface area contributed by atoms with Crippen LogP contribution in [0.5, 0.6) is 0 Å². The van der Waals surface area contributed by atoms with Crippen LogP contribution in [0, 0.1) is 0 Å². The van der Waals surface area contributed by atoms with Crippen LogP contribution in [0.3, 0.4) is 0 Å². The quantitative estimate of drug-likeness (QED) is 0.532. The predicted molar refractivity (Wildman–Crippen MR) is 101 cm³/mol. The number of carbonyl (C=O) groups excluding carboxylic acids is 1. The summed E-state index contributed by atoms with van der Waals surface area (Å²) in [6.45, 7) is 0. The molecule has 2 aromatic heterocycles. The summed E-state index contributed by atoms with van der Waals surface area (Å²) in [5, 5.41) is 16.0. The van der Waals surface area contributed by atoms with E-state index in [4.69, 9.17) is 4.42 Å². The van der Waals surface area contributed by atoms with Crippen LogP contribution in [0.1, 0.15) is 10.4 Å². The number of amides is 1. The minimum Gasteiger partial charge on any atom is -0.456 e. The number of nitrogens with one attached hydrogen (secondary N) is 1. The summed E-state index contributed by atoms with van der Waals surface area (Å²) in [5.41, 5.74) is 3.37. The summed E-state index contributed by atoms with van der Waals surface area (Å²) in [6.07, 6.45) is 1.45. The summed E-state index contributed by atoms with van der Waals surface area (Å²) in [5.74, 6) is -0.242. The summed E-state index contributed by atoms with van der Waals surface area (Å²) in [7, 11) is 0. The molecule has 0 aliphatic rings. The van der Waals surface area contributed by atoms with E-state index in [-0.39, 0.29) is 5.91 Å². The molecule has 7 nitrogen and oxygen atoms in total. The second-order valence-electron chi connectivity index (χ2n) is 6.03. The van der Waals surface area contributed by atoms with E-state index < -0.39 is 0 Å². The van der Waals surface area contributed by atoms with Crippen molar-refractivity contribution in [1.82, 2.24) is 20.2 Å². The lowest BCUT2D eigenvalue weighted by Crippen LogP contribution is -2.15. The number of carbonyl (C=O) groups is 1. The van der Waals surface area contributed by atoms with Crippen molar-refractivity contribution in [2.45, 2.75) is 0 Å². The third kappa shape index (κ3) is 2.62. The first-order chi connectivity index (χ1) is 13.3. The lowest BCUT2D eigenvalue weighted by molar-refractivity contribution is 0.102. The first kappa shape index (κ1) is 15.3. The molecule has 0 saturated carbocycles. The van der Waals surface area contributed by atoms with Crippen LogP contribution >= 0.6 is 0 Å². The number of anilines is 1. The van der Waals surface area contributed by atoms with E-state index in [1.807, 2.05) is 48.5 Å². The third-order valence-electron chi connectivity index (χ3n) is 4.38. The minimum atomic E-state index is -0.242. The maximum atomic E-state index is 12.9. The van der Waals surface area contributed by atoms with Crippen LogP contribution in [0.2, 0.25) is 0 Å². The summed E-state index contributed by atoms with van der Waals surface area (Å²) in [6, 6.07) is 20.6. The Kier molecular flexibility index (Phi) is 3.43. The molecule has 27 heavy (non-hydrogen) atoms. The van der Waals surface area contributed by atoms with Crippen LogP contribution in [-0.2, 0) is 0 Å². The molecule has 130 valence electrons. The second kappa shape index (κ2) is 6.06. The molecule has 5 aromatic rings. The number of hydrogen-bond acceptors (Lipinski definition) is 5. The fourth-order valence-corrected chi connectivity index (χ4v) is 3.14. The van der Waals surface area contributed by atoms with Crippen LogP contribution in [-0.4, -0.2) is 26.1 Å². The van der Waals surface area contributed by atoms with E-state index in [1.165, 1.54) is 11.0 Å². The third-order valence-corrected chi connectivity index (χ3v) is 4.38. The van der Waals surface area contributed by atoms with Crippen LogP contribution < -0.4 is 5.32 Å². The molecule has 0 radical (unpaired) electrons. The van der Waals surface area contributed by atoms with Gasteiger partial charge in [-0.3, -0.25) is 4.79 Å². The van der Waals surface area contributed by atoms with Crippen LogP contribution in [0.25, 0.3) is 27.6 Å². The predicted octanol–water partition coefficient (Wildman–Crippen LogP) is 3.81. The Bertz CT molecular complexity index is 1270. The van der Waals surface area contributed by atoms with Gasteiger partial charge in [0.05, 0.1) is 11.3 Å². The molecule has 0 unspecified atom stereocenters. The van der Waals surface area contributed by atoms with Crippen molar-refractivity contribution in [3.8, 4) is 5.69 Å². The molecule has 0 aliphatic heterocycles. The monoisotopic (exact) mass is 355 g/mol. The molecular formula is C20H13N5O2. The number of hydrogen-bond donors (Lipinski definition) is 1. The highest BCUT2D eigenvalue weighted by molar-refractivity contribution is 6.10. The van der Waals surface area contributed by atoms with Gasteiger partial charge in [-0.1, -0.05) is 30.3 Å². The number of nitrogens with zero attached hydrogens (tertiary/aromatic N) is 4. The smallest absolute Gasteiger partial charge is 0.257 e. The van der Waals surface area contributed by atoms with Gasteiger partial charge in [0.1, 0.15) is 17.5 Å². The molecule has 0 fully saturated rings. The molecule has 0 bridgehead atoms.